The summed E-state index contributed by atoms with van der Waals surface area (Å²) in [4.78, 5) is 27.5. The topological polar surface area (TPSA) is 68.3 Å². The number of carbonyl (C=O) groups excluding carboxylic acids is 2. The number of nitrogens with zero attached hydrogens (tertiary/aromatic N) is 1. The Kier molecular flexibility index (Phi) is 4.10. The third-order valence-corrected chi connectivity index (χ3v) is 2.83. The number of nitrogens with one attached hydrogen (secondary N) is 1. The quantitative estimate of drug-likeness (QED) is 0.870. The highest BCUT2D eigenvalue weighted by molar-refractivity contribution is 6.05. The second-order valence-corrected chi connectivity index (χ2v) is 4.22. The van der Waals surface area contributed by atoms with E-state index in [2.05, 4.69) is 15.0 Å². The molecule has 0 atom stereocenters. The molecule has 0 saturated heterocycles. The van der Waals surface area contributed by atoms with E-state index in [9.17, 15) is 9.59 Å². The van der Waals surface area contributed by atoms with Crippen LogP contribution in [0.1, 0.15) is 26.3 Å². The van der Waals surface area contributed by atoms with Crippen molar-refractivity contribution >= 4 is 17.6 Å². The monoisotopic (exact) mass is 270 g/mol. The third kappa shape index (κ3) is 3.00. The normalized spacial score (nSPS) is 9.90. The number of methoxy groups -OCH3 is 1. The van der Waals surface area contributed by atoms with Gasteiger partial charge in [0.1, 0.15) is 0 Å². The van der Waals surface area contributed by atoms with Gasteiger partial charge in [0.25, 0.3) is 5.91 Å². The molecule has 0 radical (unpaired) electrons. The number of benzene rings is 1. The van der Waals surface area contributed by atoms with E-state index >= 15 is 0 Å². The summed E-state index contributed by atoms with van der Waals surface area (Å²) in [5, 5.41) is 2.73. The molecule has 0 saturated carbocycles. The van der Waals surface area contributed by atoms with Gasteiger partial charge in [0.2, 0.25) is 0 Å². The van der Waals surface area contributed by atoms with Gasteiger partial charge in [-0.1, -0.05) is 6.07 Å². The Bertz CT molecular complexity index is 653. The van der Waals surface area contributed by atoms with E-state index in [1.807, 2.05) is 6.92 Å². The SMILES string of the molecule is COC(=O)c1cccc(NC(=O)c2cnccc2C)c1. The largest absolute Gasteiger partial charge is 0.465 e. The zero-order valence-electron chi connectivity index (χ0n) is 11.2. The number of esters is 1. The Morgan fingerprint density at radius 1 is 1.25 bits per heavy atom. The summed E-state index contributed by atoms with van der Waals surface area (Å²) >= 11 is 0. The van der Waals surface area contributed by atoms with Gasteiger partial charge >= 0.3 is 5.97 Å². The van der Waals surface area contributed by atoms with Gasteiger partial charge in [-0.05, 0) is 36.8 Å². The zero-order chi connectivity index (χ0) is 14.5. The predicted molar refractivity (Wildman–Crippen MR) is 74.7 cm³/mol. The molecule has 1 N–H and O–H groups in total. The van der Waals surface area contributed by atoms with Crippen molar-refractivity contribution in [2.75, 3.05) is 12.4 Å². The number of ether oxygens (including phenoxy) is 1. The van der Waals surface area contributed by atoms with E-state index in [0.717, 1.165) is 5.56 Å². The summed E-state index contributed by atoms with van der Waals surface area (Å²) in [6.45, 7) is 1.83. The first kappa shape index (κ1) is 13.7. The summed E-state index contributed by atoms with van der Waals surface area (Å²) in [6, 6.07) is 8.33. The molecule has 2 rings (SSSR count). The molecule has 0 spiro atoms. The molecule has 1 aromatic carbocycles. The second-order valence-electron chi connectivity index (χ2n) is 4.22. The maximum atomic E-state index is 12.1. The lowest BCUT2D eigenvalue weighted by Crippen LogP contribution is -2.14. The molecule has 2 aromatic rings. The molecular weight excluding hydrogens is 256 g/mol. The fourth-order valence-corrected chi connectivity index (χ4v) is 1.74. The van der Waals surface area contributed by atoms with Gasteiger partial charge in [-0.2, -0.15) is 0 Å². The molecule has 5 heteroatoms. The number of anilines is 1. The van der Waals surface area contributed by atoms with Crippen LogP contribution in [-0.4, -0.2) is 24.0 Å². The minimum Gasteiger partial charge on any atom is -0.465 e. The van der Waals surface area contributed by atoms with Crippen molar-refractivity contribution in [1.29, 1.82) is 0 Å². The molecule has 0 unspecified atom stereocenters. The minimum absolute atomic E-state index is 0.266. The van der Waals surface area contributed by atoms with Crippen LogP contribution in [0.2, 0.25) is 0 Å². The molecular formula is C15H14N2O3. The van der Waals surface area contributed by atoms with Gasteiger partial charge in [-0.15, -0.1) is 0 Å². The number of aromatic nitrogens is 1. The number of hydrogen-bond acceptors (Lipinski definition) is 4. The average molecular weight is 270 g/mol. The summed E-state index contributed by atoms with van der Waals surface area (Å²) < 4.78 is 4.64. The van der Waals surface area contributed by atoms with Crippen LogP contribution in [-0.2, 0) is 4.74 Å². The van der Waals surface area contributed by atoms with Crippen molar-refractivity contribution < 1.29 is 14.3 Å². The lowest BCUT2D eigenvalue weighted by molar-refractivity contribution is 0.0600. The molecule has 5 nitrogen and oxygen atoms in total. The predicted octanol–water partition coefficient (Wildman–Crippen LogP) is 2.43. The van der Waals surface area contributed by atoms with Crippen LogP contribution in [0.15, 0.2) is 42.7 Å². The van der Waals surface area contributed by atoms with Gasteiger partial charge in [0.05, 0.1) is 18.2 Å². The molecule has 0 aliphatic carbocycles. The number of pyridine rings is 1. The number of rotatable bonds is 3. The van der Waals surface area contributed by atoms with Gasteiger partial charge in [-0.3, -0.25) is 9.78 Å². The van der Waals surface area contributed by atoms with Gasteiger partial charge in [-0.25, -0.2) is 4.79 Å². The maximum absolute atomic E-state index is 12.1. The Labute approximate surface area is 116 Å². The molecule has 1 heterocycles. The fraction of sp³-hybridized carbons (Fsp3) is 0.133. The van der Waals surface area contributed by atoms with Crippen molar-refractivity contribution in [2.45, 2.75) is 6.92 Å². The lowest BCUT2D eigenvalue weighted by Gasteiger charge is -2.08. The molecule has 1 amide bonds. The molecule has 0 aliphatic rings. The standard InChI is InChI=1S/C15H14N2O3/c1-10-6-7-16-9-13(10)14(18)17-12-5-3-4-11(8-12)15(19)20-2/h3-9H,1-2H3,(H,17,18). The van der Waals surface area contributed by atoms with Crippen molar-refractivity contribution in [3.8, 4) is 0 Å². The van der Waals surface area contributed by atoms with Crippen LogP contribution in [0, 0.1) is 6.92 Å². The van der Waals surface area contributed by atoms with Gasteiger partial charge in [0, 0.05) is 18.1 Å². The number of amides is 1. The minimum atomic E-state index is -0.446. The van der Waals surface area contributed by atoms with Crippen molar-refractivity contribution in [3.63, 3.8) is 0 Å². The Morgan fingerprint density at radius 2 is 2.05 bits per heavy atom. The first-order valence-electron chi connectivity index (χ1n) is 6.02. The van der Waals surface area contributed by atoms with Crippen molar-refractivity contribution in [2.24, 2.45) is 0 Å². The Hall–Kier alpha value is -2.69. The number of carbonyl (C=O) groups is 2. The highest BCUT2D eigenvalue weighted by Gasteiger charge is 2.11. The highest BCUT2D eigenvalue weighted by Crippen LogP contribution is 2.14. The molecule has 0 bridgehead atoms. The summed E-state index contributed by atoms with van der Waals surface area (Å²) in [6.07, 6.45) is 3.14. The lowest BCUT2D eigenvalue weighted by atomic mass is 10.1. The van der Waals surface area contributed by atoms with Crippen LogP contribution in [0.25, 0.3) is 0 Å². The first-order chi connectivity index (χ1) is 9.61. The third-order valence-electron chi connectivity index (χ3n) is 2.83. The van der Waals surface area contributed by atoms with E-state index in [1.165, 1.54) is 13.3 Å². The Morgan fingerprint density at radius 3 is 2.75 bits per heavy atom. The van der Waals surface area contributed by atoms with Crippen LogP contribution >= 0.6 is 0 Å². The molecule has 1 aromatic heterocycles. The van der Waals surface area contributed by atoms with Crippen LogP contribution in [0.4, 0.5) is 5.69 Å². The maximum Gasteiger partial charge on any atom is 0.337 e. The molecule has 20 heavy (non-hydrogen) atoms. The molecule has 0 fully saturated rings. The van der Waals surface area contributed by atoms with E-state index in [0.29, 0.717) is 16.8 Å². The fourth-order valence-electron chi connectivity index (χ4n) is 1.74. The van der Waals surface area contributed by atoms with Gasteiger partial charge < -0.3 is 10.1 Å². The number of aryl methyl sites for hydroxylation is 1. The van der Waals surface area contributed by atoms with E-state index in [4.69, 9.17) is 0 Å². The van der Waals surface area contributed by atoms with E-state index in [1.54, 1.807) is 36.5 Å². The second kappa shape index (κ2) is 5.97. The van der Waals surface area contributed by atoms with Crippen LogP contribution in [0.3, 0.4) is 0 Å². The summed E-state index contributed by atoms with van der Waals surface area (Å²) in [7, 11) is 1.31. The van der Waals surface area contributed by atoms with E-state index < -0.39 is 5.97 Å². The molecule has 102 valence electrons. The van der Waals surface area contributed by atoms with Gasteiger partial charge in [0.15, 0.2) is 0 Å². The zero-order valence-corrected chi connectivity index (χ0v) is 11.2. The van der Waals surface area contributed by atoms with Crippen molar-refractivity contribution in [1.82, 2.24) is 4.98 Å². The average Bonchev–Trinajstić information content (AvgIpc) is 2.47. The van der Waals surface area contributed by atoms with E-state index in [-0.39, 0.29) is 5.91 Å². The summed E-state index contributed by atoms with van der Waals surface area (Å²) in [5.41, 5.74) is 2.24. The first-order valence-corrected chi connectivity index (χ1v) is 6.02. The smallest absolute Gasteiger partial charge is 0.337 e. The Balaban J connectivity index is 2.20. The van der Waals surface area contributed by atoms with Crippen LogP contribution < -0.4 is 5.32 Å². The summed E-state index contributed by atoms with van der Waals surface area (Å²) in [5.74, 6) is -0.712. The highest BCUT2D eigenvalue weighted by atomic mass is 16.5. The van der Waals surface area contributed by atoms with Crippen LogP contribution in [0.5, 0.6) is 0 Å². The van der Waals surface area contributed by atoms with Crippen molar-refractivity contribution in [3.05, 3.63) is 59.4 Å². The number of hydrogen-bond donors (Lipinski definition) is 1. The molecule has 0 aliphatic heterocycles.